The monoisotopic (exact) mass is 477 g/mol. The highest BCUT2D eigenvalue weighted by atomic mass is 79.9. The van der Waals surface area contributed by atoms with Crippen molar-refractivity contribution in [3.8, 4) is 0 Å². The van der Waals surface area contributed by atoms with E-state index in [-0.39, 0.29) is 10.7 Å². The maximum Gasteiger partial charge on any atom is 0.291 e. The molecule has 1 N–H and O–H groups in total. The average molecular weight is 478 g/mol. The summed E-state index contributed by atoms with van der Waals surface area (Å²) >= 11 is 3.40. The van der Waals surface area contributed by atoms with E-state index < -0.39 is 15.9 Å². The number of halogens is 1. The second-order valence-corrected chi connectivity index (χ2v) is 9.75. The van der Waals surface area contributed by atoms with Gasteiger partial charge in [-0.15, -0.1) is 0 Å². The Kier molecular flexibility index (Phi) is 5.48. The van der Waals surface area contributed by atoms with E-state index in [2.05, 4.69) is 26.1 Å². The van der Waals surface area contributed by atoms with Crippen LogP contribution in [0.1, 0.15) is 10.6 Å². The number of hydrogen-bond acceptors (Lipinski definition) is 5. The van der Waals surface area contributed by atoms with Crippen molar-refractivity contribution >= 4 is 48.5 Å². The number of para-hydroxylation sites is 1. The fourth-order valence-corrected chi connectivity index (χ4v) is 5.18. The molecule has 0 spiro atoms. The van der Waals surface area contributed by atoms with Gasteiger partial charge in [-0.1, -0.05) is 18.2 Å². The third-order valence-corrected chi connectivity index (χ3v) is 7.43. The molecule has 1 aliphatic rings. The number of nitrogens with zero attached hydrogens (tertiary/aromatic N) is 2. The normalized spacial score (nSPS) is 16.2. The van der Waals surface area contributed by atoms with Gasteiger partial charge in [0.05, 0.1) is 9.37 Å². The lowest BCUT2D eigenvalue weighted by atomic mass is 10.2. The van der Waals surface area contributed by atoms with Crippen molar-refractivity contribution in [2.24, 2.45) is 0 Å². The number of likely N-dealkylation sites (N-methyl/N-ethyl adjacent to an activating group) is 1. The average Bonchev–Trinajstić information content (AvgIpc) is 3.15. The second kappa shape index (κ2) is 7.91. The van der Waals surface area contributed by atoms with Gasteiger partial charge >= 0.3 is 0 Å². The van der Waals surface area contributed by atoms with Crippen molar-refractivity contribution in [3.63, 3.8) is 0 Å². The molecule has 0 atom stereocenters. The lowest BCUT2D eigenvalue weighted by Crippen LogP contribution is -2.47. The molecule has 2 aromatic carbocycles. The fourth-order valence-electron chi connectivity index (χ4n) is 3.24. The van der Waals surface area contributed by atoms with E-state index in [1.54, 1.807) is 24.3 Å². The van der Waals surface area contributed by atoms with Gasteiger partial charge in [0.2, 0.25) is 10.0 Å². The minimum Gasteiger partial charge on any atom is -0.450 e. The highest BCUT2D eigenvalue weighted by Crippen LogP contribution is 2.28. The van der Waals surface area contributed by atoms with Crippen LogP contribution in [0.4, 0.5) is 5.69 Å². The van der Waals surface area contributed by atoms with E-state index in [1.165, 1.54) is 10.4 Å². The molecule has 2 heterocycles. The van der Waals surface area contributed by atoms with Crippen LogP contribution >= 0.6 is 15.9 Å². The Morgan fingerprint density at radius 2 is 1.79 bits per heavy atom. The van der Waals surface area contributed by atoms with E-state index in [9.17, 15) is 13.2 Å². The SMILES string of the molecule is CN1CCN(S(=O)(=O)c2cccc(NC(=O)c3cc4cccc(Br)c4o3)c2)CC1. The van der Waals surface area contributed by atoms with Gasteiger partial charge in [-0.05, 0) is 53.3 Å². The Morgan fingerprint density at radius 1 is 1.07 bits per heavy atom. The van der Waals surface area contributed by atoms with Crippen LogP contribution in [-0.4, -0.2) is 56.8 Å². The molecule has 29 heavy (non-hydrogen) atoms. The summed E-state index contributed by atoms with van der Waals surface area (Å²) in [5, 5.41) is 3.52. The highest BCUT2D eigenvalue weighted by molar-refractivity contribution is 9.10. The lowest BCUT2D eigenvalue weighted by molar-refractivity contribution is 0.0998. The minimum atomic E-state index is -3.61. The summed E-state index contributed by atoms with van der Waals surface area (Å²) in [6, 6.07) is 13.5. The Balaban J connectivity index is 1.55. The van der Waals surface area contributed by atoms with Gasteiger partial charge in [0.25, 0.3) is 5.91 Å². The number of sulfonamides is 1. The number of rotatable bonds is 4. The number of benzene rings is 2. The summed E-state index contributed by atoms with van der Waals surface area (Å²) in [5.41, 5.74) is 0.980. The molecule has 0 unspecified atom stereocenters. The van der Waals surface area contributed by atoms with Crippen LogP contribution in [0.3, 0.4) is 0 Å². The van der Waals surface area contributed by atoms with E-state index >= 15 is 0 Å². The number of piperazine rings is 1. The van der Waals surface area contributed by atoms with Crippen molar-refractivity contribution in [3.05, 3.63) is 58.8 Å². The van der Waals surface area contributed by atoms with Crippen LogP contribution in [0, 0.1) is 0 Å². The molecular formula is C20H20BrN3O4S. The Hall–Kier alpha value is -2.20. The largest absolute Gasteiger partial charge is 0.450 e. The van der Waals surface area contributed by atoms with E-state index in [0.29, 0.717) is 37.4 Å². The molecule has 3 aromatic rings. The predicted molar refractivity (Wildman–Crippen MR) is 115 cm³/mol. The molecule has 152 valence electrons. The molecule has 1 amide bonds. The van der Waals surface area contributed by atoms with Gasteiger partial charge in [0, 0.05) is 37.3 Å². The van der Waals surface area contributed by atoms with Crippen LogP contribution in [0.2, 0.25) is 0 Å². The summed E-state index contributed by atoms with van der Waals surface area (Å²) in [4.78, 5) is 14.9. The van der Waals surface area contributed by atoms with Crippen LogP contribution in [0.5, 0.6) is 0 Å². The number of carbonyl (C=O) groups excluding carboxylic acids is 1. The quantitative estimate of drug-likeness (QED) is 0.622. The molecule has 0 radical (unpaired) electrons. The van der Waals surface area contributed by atoms with Gasteiger partial charge in [-0.25, -0.2) is 8.42 Å². The number of carbonyl (C=O) groups is 1. The van der Waals surface area contributed by atoms with Crippen molar-refractivity contribution in [1.29, 1.82) is 0 Å². The van der Waals surface area contributed by atoms with Crippen molar-refractivity contribution < 1.29 is 17.6 Å². The molecule has 1 saturated heterocycles. The van der Waals surface area contributed by atoms with Crippen molar-refractivity contribution in [2.45, 2.75) is 4.90 Å². The number of anilines is 1. The molecule has 0 saturated carbocycles. The van der Waals surface area contributed by atoms with E-state index in [1.807, 2.05) is 25.2 Å². The molecule has 9 heteroatoms. The number of hydrogen-bond donors (Lipinski definition) is 1. The summed E-state index contributed by atoms with van der Waals surface area (Å²) in [7, 11) is -1.64. The molecular weight excluding hydrogens is 458 g/mol. The molecule has 1 aromatic heterocycles. The van der Waals surface area contributed by atoms with Gasteiger partial charge in [0.15, 0.2) is 5.76 Å². The third kappa shape index (κ3) is 4.09. The first-order chi connectivity index (χ1) is 13.8. The van der Waals surface area contributed by atoms with E-state index in [0.717, 1.165) is 9.86 Å². The van der Waals surface area contributed by atoms with E-state index in [4.69, 9.17) is 4.42 Å². The third-order valence-electron chi connectivity index (χ3n) is 4.91. The zero-order valence-electron chi connectivity index (χ0n) is 15.8. The number of furan rings is 1. The summed E-state index contributed by atoms with van der Waals surface area (Å²) in [5.74, 6) is -0.290. The maximum atomic E-state index is 12.9. The van der Waals surface area contributed by atoms with Crippen molar-refractivity contribution in [1.82, 2.24) is 9.21 Å². The van der Waals surface area contributed by atoms with Crippen molar-refractivity contribution in [2.75, 3.05) is 38.5 Å². The fraction of sp³-hybridized carbons (Fsp3) is 0.250. The Bertz CT molecular complexity index is 1170. The number of amides is 1. The van der Waals surface area contributed by atoms with Crippen LogP contribution in [-0.2, 0) is 10.0 Å². The predicted octanol–water partition coefficient (Wildman–Crippen LogP) is 3.38. The summed E-state index contributed by atoms with van der Waals surface area (Å²) in [6.07, 6.45) is 0. The van der Waals surface area contributed by atoms with Crippen LogP contribution in [0.15, 0.2) is 62.3 Å². The van der Waals surface area contributed by atoms with Gasteiger partial charge < -0.3 is 14.6 Å². The zero-order chi connectivity index (χ0) is 20.6. The maximum absolute atomic E-state index is 12.9. The first-order valence-corrected chi connectivity index (χ1v) is 11.4. The van der Waals surface area contributed by atoms with Crippen LogP contribution in [0.25, 0.3) is 11.0 Å². The lowest BCUT2D eigenvalue weighted by Gasteiger charge is -2.31. The molecule has 1 fully saturated rings. The highest BCUT2D eigenvalue weighted by Gasteiger charge is 2.27. The molecule has 0 aliphatic carbocycles. The minimum absolute atomic E-state index is 0.152. The first kappa shape index (κ1) is 20.1. The molecule has 1 aliphatic heterocycles. The molecule has 4 rings (SSSR count). The molecule has 7 nitrogen and oxygen atoms in total. The molecule has 0 bridgehead atoms. The number of fused-ring (bicyclic) bond motifs is 1. The standard InChI is InChI=1S/C20H20BrN3O4S/c1-23-8-10-24(11-9-23)29(26,27)16-6-3-5-15(13-16)22-20(25)18-12-14-4-2-7-17(21)19(14)28-18/h2-7,12-13H,8-11H2,1H3,(H,22,25). The summed E-state index contributed by atoms with van der Waals surface area (Å²) < 4.78 is 33.7. The zero-order valence-corrected chi connectivity index (χ0v) is 18.2. The Labute approximate surface area is 177 Å². The van der Waals surface area contributed by atoms with Gasteiger partial charge in [-0.2, -0.15) is 4.31 Å². The Morgan fingerprint density at radius 3 is 2.52 bits per heavy atom. The summed E-state index contributed by atoms with van der Waals surface area (Å²) in [6.45, 7) is 2.28. The number of nitrogens with one attached hydrogen (secondary N) is 1. The van der Waals surface area contributed by atoms with Gasteiger partial charge in [-0.3, -0.25) is 4.79 Å². The first-order valence-electron chi connectivity index (χ1n) is 9.13. The smallest absolute Gasteiger partial charge is 0.291 e. The van der Waals surface area contributed by atoms with Crippen LogP contribution < -0.4 is 5.32 Å². The van der Waals surface area contributed by atoms with Gasteiger partial charge in [0.1, 0.15) is 5.58 Å². The second-order valence-electron chi connectivity index (χ2n) is 6.96. The topological polar surface area (TPSA) is 82.9 Å².